The predicted octanol–water partition coefficient (Wildman–Crippen LogP) is 3.46. The molecule has 1 aliphatic heterocycles. The molecule has 2 heterocycles. The summed E-state index contributed by atoms with van der Waals surface area (Å²) in [5, 5.41) is 5.37. The van der Waals surface area contributed by atoms with Crippen LogP contribution < -0.4 is 10.6 Å². The highest BCUT2D eigenvalue weighted by Gasteiger charge is 2.33. The highest BCUT2D eigenvalue weighted by atomic mass is 19.4. The molecule has 9 heteroatoms. The molecule has 1 aliphatic rings. The number of halogens is 3. The molecule has 6 nitrogen and oxygen atoms in total. The largest absolute Gasteiger partial charge is 0.418 e. The van der Waals surface area contributed by atoms with Gasteiger partial charge in [0.05, 0.1) is 17.4 Å². The van der Waals surface area contributed by atoms with E-state index >= 15 is 0 Å². The van der Waals surface area contributed by atoms with Gasteiger partial charge in [-0.25, -0.2) is 9.97 Å². The van der Waals surface area contributed by atoms with Crippen LogP contribution in [0.3, 0.4) is 0 Å². The number of alkyl halides is 3. The van der Waals surface area contributed by atoms with Crippen LogP contribution >= 0.6 is 0 Å². The van der Waals surface area contributed by atoms with E-state index in [1.807, 2.05) is 0 Å². The van der Waals surface area contributed by atoms with Crippen LogP contribution in [0.15, 0.2) is 30.3 Å². The molecule has 1 unspecified atom stereocenters. The number of aromatic nitrogens is 2. The molecule has 0 bridgehead atoms. The van der Waals surface area contributed by atoms with Gasteiger partial charge in [0.15, 0.2) is 0 Å². The Morgan fingerprint density at radius 3 is 2.78 bits per heavy atom. The first-order valence-electron chi connectivity index (χ1n) is 8.51. The van der Waals surface area contributed by atoms with Gasteiger partial charge in [-0.3, -0.25) is 4.79 Å². The summed E-state index contributed by atoms with van der Waals surface area (Å²) in [4.78, 5) is 20.5. The molecule has 27 heavy (non-hydrogen) atoms. The fraction of sp³-hybridized carbons (Fsp3) is 0.389. The second-order valence-corrected chi connectivity index (χ2v) is 6.20. The molecular formula is C18H19F3N4O2. The van der Waals surface area contributed by atoms with Crippen molar-refractivity contribution in [3.63, 3.8) is 0 Å². The SMILES string of the molecule is Cc1nc(Nc2ccccc2C(F)(F)F)cc(C(=O)NCC2CCCO2)n1. The van der Waals surface area contributed by atoms with E-state index in [2.05, 4.69) is 20.6 Å². The Morgan fingerprint density at radius 1 is 1.30 bits per heavy atom. The molecular weight excluding hydrogens is 361 g/mol. The van der Waals surface area contributed by atoms with E-state index in [0.717, 1.165) is 18.9 Å². The molecule has 0 aliphatic carbocycles. The van der Waals surface area contributed by atoms with E-state index in [9.17, 15) is 18.0 Å². The van der Waals surface area contributed by atoms with Gasteiger partial charge in [-0.1, -0.05) is 12.1 Å². The summed E-state index contributed by atoms with van der Waals surface area (Å²) < 4.78 is 44.9. The molecule has 1 fully saturated rings. The van der Waals surface area contributed by atoms with Crippen molar-refractivity contribution < 1.29 is 22.7 Å². The van der Waals surface area contributed by atoms with Gasteiger partial charge in [-0.15, -0.1) is 0 Å². The molecule has 1 aromatic heterocycles. The number of benzene rings is 1. The van der Waals surface area contributed by atoms with Crippen molar-refractivity contribution in [2.24, 2.45) is 0 Å². The number of nitrogens with zero attached hydrogens (tertiary/aromatic N) is 2. The molecule has 1 aromatic carbocycles. The van der Waals surface area contributed by atoms with Crippen LogP contribution in [0.5, 0.6) is 0 Å². The van der Waals surface area contributed by atoms with Gasteiger partial charge in [-0.2, -0.15) is 13.2 Å². The molecule has 144 valence electrons. The summed E-state index contributed by atoms with van der Waals surface area (Å²) in [6.07, 6.45) is -2.69. The molecule has 2 aromatic rings. The third kappa shape index (κ3) is 4.94. The van der Waals surface area contributed by atoms with Gasteiger partial charge >= 0.3 is 6.18 Å². The van der Waals surface area contributed by atoms with E-state index in [4.69, 9.17) is 4.74 Å². The average Bonchev–Trinajstić information content (AvgIpc) is 3.12. The molecule has 1 amide bonds. The summed E-state index contributed by atoms with van der Waals surface area (Å²) in [7, 11) is 0. The number of nitrogens with one attached hydrogen (secondary N) is 2. The first-order chi connectivity index (χ1) is 12.8. The Kier molecular flexibility index (Phi) is 5.59. The van der Waals surface area contributed by atoms with E-state index in [1.165, 1.54) is 24.3 Å². The number of hydrogen-bond acceptors (Lipinski definition) is 5. The monoisotopic (exact) mass is 380 g/mol. The lowest BCUT2D eigenvalue weighted by molar-refractivity contribution is -0.136. The summed E-state index contributed by atoms with van der Waals surface area (Å²) in [5.74, 6) is -0.0450. The highest BCUT2D eigenvalue weighted by molar-refractivity contribution is 5.93. The lowest BCUT2D eigenvalue weighted by Gasteiger charge is -2.15. The van der Waals surface area contributed by atoms with Crippen molar-refractivity contribution >= 4 is 17.4 Å². The number of amides is 1. The second-order valence-electron chi connectivity index (χ2n) is 6.20. The number of para-hydroxylation sites is 1. The van der Waals surface area contributed by atoms with Crippen molar-refractivity contribution in [1.29, 1.82) is 0 Å². The van der Waals surface area contributed by atoms with Crippen LogP contribution in [-0.2, 0) is 10.9 Å². The van der Waals surface area contributed by atoms with Crippen molar-refractivity contribution in [3.8, 4) is 0 Å². The van der Waals surface area contributed by atoms with Gasteiger partial charge in [0.2, 0.25) is 0 Å². The molecule has 1 atom stereocenters. The molecule has 1 saturated heterocycles. The molecule has 0 saturated carbocycles. The summed E-state index contributed by atoms with van der Waals surface area (Å²) in [5.41, 5.74) is -0.882. The first kappa shape index (κ1) is 19.1. The Bertz CT molecular complexity index is 820. The first-order valence-corrected chi connectivity index (χ1v) is 8.51. The van der Waals surface area contributed by atoms with Crippen LogP contribution in [0.25, 0.3) is 0 Å². The Morgan fingerprint density at radius 2 is 2.07 bits per heavy atom. The minimum Gasteiger partial charge on any atom is -0.376 e. The lowest BCUT2D eigenvalue weighted by atomic mass is 10.1. The van der Waals surface area contributed by atoms with Gasteiger partial charge in [0, 0.05) is 19.2 Å². The number of ether oxygens (including phenoxy) is 1. The van der Waals surface area contributed by atoms with E-state index in [1.54, 1.807) is 6.92 Å². The maximum absolute atomic E-state index is 13.1. The minimum absolute atomic E-state index is 0.0202. The molecule has 2 N–H and O–H groups in total. The number of carbonyl (C=O) groups excluding carboxylic acids is 1. The van der Waals surface area contributed by atoms with Crippen LogP contribution in [0, 0.1) is 6.92 Å². The van der Waals surface area contributed by atoms with Crippen molar-refractivity contribution in [2.75, 3.05) is 18.5 Å². The van der Waals surface area contributed by atoms with Crippen LogP contribution in [0.2, 0.25) is 0 Å². The Labute approximate surface area is 154 Å². The second kappa shape index (κ2) is 7.91. The van der Waals surface area contributed by atoms with Crippen molar-refractivity contribution in [3.05, 3.63) is 47.4 Å². The fourth-order valence-corrected chi connectivity index (χ4v) is 2.83. The minimum atomic E-state index is -4.51. The predicted molar refractivity (Wildman–Crippen MR) is 92.8 cm³/mol. The third-order valence-corrected chi connectivity index (χ3v) is 4.08. The maximum atomic E-state index is 13.1. The topological polar surface area (TPSA) is 76.1 Å². The zero-order valence-corrected chi connectivity index (χ0v) is 14.6. The standard InChI is InChI=1S/C18H19F3N4O2/c1-11-23-15(17(26)22-10-12-5-4-8-27-12)9-16(24-11)25-14-7-3-2-6-13(14)18(19,20)21/h2-3,6-7,9,12H,4-5,8,10H2,1H3,(H,22,26)(H,23,24,25). The lowest BCUT2D eigenvalue weighted by Crippen LogP contribution is -2.32. The van der Waals surface area contributed by atoms with Crippen LogP contribution in [0.4, 0.5) is 24.7 Å². The van der Waals surface area contributed by atoms with Crippen molar-refractivity contribution in [2.45, 2.75) is 32.0 Å². The third-order valence-electron chi connectivity index (χ3n) is 4.08. The van der Waals surface area contributed by atoms with Crippen molar-refractivity contribution in [1.82, 2.24) is 15.3 Å². The van der Waals surface area contributed by atoms with E-state index in [-0.39, 0.29) is 29.1 Å². The molecule has 3 rings (SSSR count). The Balaban J connectivity index is 1.77. The average molecular weight is 380 g/mol. The zero-order valence-electron chi connectivity index (χ0n) is 14.6. The van der Waals surface area contributed by atoms with Gasteiger partial charge < -0.3 is 15.4 Å². The fourth-order valence-electron chi connectivity index (χ4n) is 2.83. The summed E-state index contributed by atoms with van der Waals surface area (Å²) in [6, 6.07) is 6.40. The number of rotatable bonds is 5. The number of hydrogen-bond donors (Lipinski definition) is 2. The molecule has 0 spiro atoms. The number of anilines is 2. The highest BCUT2D eigenvalue weighted by Crippen LogP contribution is 2.35. The number of carbonyl (C=O) groups is 1. The van der Waals surface area contributed by atoms with Gasteiger partial charge in [0.25, 0.3) is 5.91 Å². The number of aryl methyl sites for hydroxylation is 1. The smallest absolute Gasteiger partial charge is 0.376 e. The summed E-state index contributed by atoms with van der Waals surface area (Å²) in [6.45, 7) is 2.61. The van der Waals surface area contributed by atoms with Crippen LogP contribution in [-0.4, -0.2) is 35.1 Å². The Hall–Kier alpha value is -2.68. The molecule has 0 radical (unpaired) electrons. The van der Waals surface area contributed by atoms with Crippen LogP contribution in [0.1, 0.15) is 34.7 Å². The summed E-state index contributed by atoms with van der Waals surface area (Å²) >= 11 is 0. The van der Waals surface area contributed by atoms with Gasteiger partial charge in [-0.05, 0) is 31.9 Å². The quantitative estimate of drug-likeness (QED) is 0.831. The van der Waals surface area contributed by atoms with Gasteiger partial charge in [0.1, 0.15) is 17.3 Å². The normalized spacial score (nSPS) is 17.0. The zero-order chi connectivity index (χ0) is 19.4. The van der Waals surface area contributed by atoms with E-state index in [0.29, 0.717) is 13.2 Å². The maximum Gasteiger partial charge on any atom is 0.418 e. The van der Waals surface area contributed by atoms with E-state index < -0.39 is 17.6 Å².